The van der Waals surface area contributed by atoms with Gasteiger partial charge in [-0.15, -0.1) is 0 Å². The van der Waals surface area contributed by atoms with Gasteiger partial charge >= 0.3 is 0 Å². The number of ketones is 1. The summed E-state index contributed by atoms with van der Waals surface area (Å²) in [7, 11) is 5.49. The summed E-state index contributed by atoms with van der Waals surface area (Å²) in [5.74, 6) is 0.270. The number of amides is 1. The Morgan fingerprint density at radius 2 is 1.77 bits per heavy atom. The molecule has 136 valence electrons. The van der Waals surface area contributed by atoms with Crippen molar-refractivity contribution >= 4 is 23.1 Å². The van der Waals surface area contributed by atoms with E-state index in [9.17, 15) is 14.9 Å². The number of hydrogen-bond donors (Lipinski definition) is 2. The standard InChI is InChI=1S/C19H23N5O2/c1-22(12-18(26)21-13-8-9-13)11-17(25)14(10-20)19-23(2)15-6-4-5-7-16(15)24(19)3/h4-7,13H,8-9,11-12H2,1-3H3,(H,21,26)/p+1. The highest BCUT2D eigenvalue weighted by Crippen LogP contribution is 2.40. The fourth-order valence-corrected chi connectivity index (χ4v) is 3.26. The second-order valence-electron chi connectivity index (χ2n) is 6.99. The van der Waals surface area contributed by atoms with Gasteiger partial charge in [-0.25, -0.2) is 0 Å². The Balaban J connectivity index is 1.73. The van der Waals surface area contributed by atoms with Gasteiger partial charge in [-0.1, -0.05) is 12.1 Å². The zero-order valence-electron chi connectivity index (χ0n) is 15.4. The minimum atomic E-state index is -0.259. The number of nitrogens with zero attached hydrogens (tertiary/aromatic N) is 3. The van der Waals surface area contributed by atoms with E-state index in [1.165, 1.54) is 0 Å². The predicted molar refractivity (Wildman–Crippen MR) is 98.7 cm³/mol. The van der Waals surface area contributed by atoms with Crippen molar-refractivity contribution in [2.24, 2.45) is 0 Å². The van der Waals surface area contributed by atoms with Crippen LogP contribution in [0.5, 0.6) is 0 Å². The van der Waals surface area contributed by atoms with E-state index >= 15 is 0 Å². The molecule has 0 aromatic heterocycles. The topological polar surface area (TPSA) is 80.9 Å². The molecule has 1 saturated carbocycles. The van der Waals surface area contributed by atoms with E-state index in [2.05, 4.69) is 11.4 Å². The largest absolute Gasteiger partial charge is 0.348 e. The fraction of sp³-hybridized carbons (Fsp3) is 0.421. The number of carbonyl (C=O) groups is 2. The maximum Gasteiger partial charge on any atom is 0.275 e. The predicted octanol–water partition coefficient (Wildman–Crippen LogP) is -0.330. The van der Waals surface area contributed by atoms with Crippen LogP contribution in [-0.2, 0) is 9.59 Å². The SMILES string of the molecule is CN1C(=C(C#N)C(=O)C[NH+](C)CC(=O)NC2CC2)N(C)c2ccccc21. The number of rotatable bonds is 6. The maximum atomic E-state index is 12.7. The summed E-state index contributed by atoms with van der Waals surface area (Å²) in [6.07, 6.45) is 2.07. The molecule has 0 spiro atoms. The van der Waals surface area contributed by atoms with Crippen LogP contribution >= 0.6 is 0 Å². The first-order valence-electron chi connectivity index (χ1n) is 8.77. The van der Waals surface area contributed by atoms with Gasteiger partial charge in [-0.3, -0.25) is 9.59 Å². The van der Waals surface area contributed by atoms with Crippen molar-refractivity contribution in [2.75, 3.05) is 44.0 Å². The average Bonchev–Trinajstić information content (AvgIpc) is 3.37. The van der Waals surface area contributed by atoms with Crippen molar-refractivity contribution in [1.29, 1.82) is 5.26 Å². The Labute approximate surface area is 153 Å². The average molecular weight is 354 g/mol. The van der Waals surface area contributed by atoms with Gasteiger partial charge in [0, 0.05) is 20.1 Å². The smallest absolute Gasteiger partial charge is 0.275 e. The van der Waals surface area contributed by atoms with Crippen molar-refractivity contribution in [3.63, 3.8) is 0 Å². The minimum Gasteiger partial charge on any atom is -0.348 e. The summed E-state index contributed by atoms with van der Waals surface area (Å²) in [5.41, 5.74) is 2.03. The van der Waals surface area contributed by atoms with Crippen molar-refractivity contribution in [3.8, 4) is 6.07 Å². The molecule has 1 unspecified atom stereocenters. The summed E-state index contributed by atoms with van der Waals surface area (Å²) in [5, 5.41) is 12.5. The lowest BCUT2D eigenvalue weighted by Gasteiger charge is -2.20. The third kappa shape index (κ3) is 3.55. The Morgan fingerprint density at radius 1 is 1.19 bits per heavy atom. The lowest BCUT2D eigenvalue weighted by Crippen LogP contribution is -3.11. The molecular weight excluding hydrogens is 330 g/mol. The van der Waals surface area contributed by atoms with E-state index in [-0.39, 0.29) is 30.4 Å². The molecule has 0 radical (unpaired) electrons. The van der Waals surface area contributed by atoms with Gasteiger partial charge in [-0.05, 0) is 25.0 Å². The molecule has 1 aliphatic carbocycles. The lowest BCUT2D eigenvalue weighted by molar-refractivity contribution is -0.862. The number of hydrogen-bond acceptors (Lipinski definition) is 5. The molecule has 3 rings (SSSR count). The van der Waals surface area contributed by atoms with Crippen molar-refractivity contribution in [2.45, 2.75) is 18.9 Å². The molecule has 0 bridgehead atoms. The summed E-state index contributed by atoms with van der Waals surface area (Å²) in [4.78, 5) is 29.1. The van der Waals surface area contributed by atoms with Gasteiger partial charge in [0.1, 0.15) is 24.0 Å². The second-order valence-corrected chi connectivity index (χ2v) is 6.99. The van der Waals surface area contributed by atoms with Gasteiger partial charge in [0.2, 0.25) is 5.78 Å². The van der Waals surface area contributed by atoms with E-state index in [1.54, 1.807) is 7.05 Å². The highest BCUT2D eigenvalue weighted by atomic mass is 16.2. The summed E-state index contributed by atoms with van der Waals surface area (Å²) in [6.45, 7) is 0.324. The third-order valence-corrected chi connectivity index (χ3v) is 4.72. The van der Waals surface area contributed by atoms with E-state index in [1.807, 2.05) is 48.2 Å². The van der Waals surface area contributed by atoms with Crippen molar-refractivity contribution in [3.05, 3.63) is 35.7 Å². The number of carbonyl (C=O) groups excluding carboxylic acids is 2. The number of fused-ring (bicyclic) bond motifs is 1. The monoisotopic (exact) mass is 354 g/mol. The minimum absolute atomic E-state index is 0.0496. The number of anilines is 2. The quantitative estimate of drug-likeness (QED) is 0.540. The maximum absolute atomic E-state index is 12.7. The molecule has 1 amide bonds. The molecule has 1 aliphatic heterocycles. The van der Waals surface area contributed by atoms with E-state index < -0.39 is 0 Å². The third-order valence-electron chi connectivity index (χ3n) is 4.72. The normalized spacial score (nSPS) is 16.8. The van der Waals surface area contributed by atoms with Crippen LogP contribution in [0.2, 0.25) is 0 Å². The number of para-hydroxylation sites is 2. The number of likely N-dealkylation sites (N-methyl/N-ethyl adjacent to an activating group) is 1. The van der Waals surface area contributed by atoms with Gasteiger partial charge in [0.05, 0.1) is 18.4 Å². The van der Waals surface area contributed by atoms with Crippen molar-refractivity contribution < 1.29 is 14.5 Å². The summed E-state index contributed by atoms with van der Waals surface area (Å²) >= 11 is 0. The van der Waals surface area contributed by atoms with Crippen LogP contribution in [0.25, 0.3) is 0 Å². The van der Waals surface area contributed by atoms with Crippen LogP contribution in [0, 0.1) is 11.3 Å². The first kappa shape index (κ1) is 18.0. The van der Waals surface area contributed by atoms with Crippen LogP contribution in [-0.4, -0.2) is 52.0 Å². The van der Waals surface area contributed by atoms with Crippen LogP contribution < -0.4 is 20.0 Å². The number of benzene rings is 1. The van der Waals surface area contributed by atoms with Gasteiger partial charge in [0.25, 0.3) is 5.91 Å². The Hall–Kier alpha value is -2.85. The number of quaternary nitrogens is 1. The summed E-state index contributed by atoms with van der Waals surface area (Å²) in [6, 6.07) is 10.1. The molecule has 1 fully saturated rings. The number of Topliss-reactive ketones (excluding diaryl/α,β-unsaturated/α-hetero) is 1. The zero-order chi connectivity index (χ0) is 18.8. The molecule has 2 N–H and O–H groups in total. The fourth-order valence-electron chi connectivity index (χ4n) is 3.26. The highest BCUT2D eigenvalue weighted by Gasteiger charge is 2.32. The van der Waals surface area contributed by atoms with Crippen LogP contribution in [0.3, 0.4) is 0 Å². The van der Waals surface area contributed by atoms with E-state index in [0.717, 1.165) is 29.1 Å². The van der Waals surface area contributed by atoms with Crippen LogP contribution in [0.15, 0.2) is 35.7 Å². The van der Waals surface area contributed by atoms with Crippen molar-refractivity contribution in [1.82, 2.24) is 5.32 Å². The molecule has 0 saturated heterocycles. The second kappa shape index (κ2) is 7.18. The molecule has 26 heavy (non-hydrogen) atoms. The lowest BCUT2D eigenvalue weighted by atomic mass is 10.1. The molecule has 2 aliphatic rings. The summed E-state index contributed by atoms with van der Waals surface area (Å²) < 4.78 is 0. The van der Waals surface area contributed by atoms with Crippen LogP contribution in [0.4, 0.5) is 11.4 Å². The van der Waals surface area contributed by atoms with Gasteiger partial charge in [-0.2, -0.15) is 5.26 Å². The van der Waals surface area contributed by atoms with E-state index in [0.29, 0.717) is 11.9 Å². The van der Waals surface area contributed by atoms with Crippen LogP contribution in [0.1, 0.15) is 12.8 Å². The Kier molecular flexibility index (Phi) is 4.96. The molecule has 1 aromatic rings. The number of nitriles is 1. The van der Waals surface area contributed by atoms with E-state index in [4.69, 9.17) is 0 Å². The Bertz CT molecular complexity index is 775. The molecule has 7 heteroatoms. The molecule has 7 nitrogen and oxygen atoms in total. The molecule has 1 aromatic carbocycles. The molecular formula is C19H24N5O2+. The molecule has 1 heterocycles. The number of nitrogens with one attached hydrogen (secondary N) is 2. The highest BCUT2D eigenvalue weighted by molar-refractivity contribution is 6.03. The first-order chi connectivity index (χ1) is 12.4. The first-order valence-corrected chi connectivity index (χ1v) is 8.77. The van der Waals surface area contributed by atoms with Gasteiger partial charge in [0.15, 0.2) is 6.54 Å². The zero-order valence-corrected chi connectivity index (χ0v) is 15.4. The molecule has 1 atom stereocenters. The Morgan fingerprint density at radius 3 is 2.27 bits per heavy atom. The van der Waals surface area contributed by atoms with Gasteiger partial charge < -0.3 is 20.0 Å².